The molecule has 9 heteroatoms. The summed E-state index contributed by atoms with van der Waals surface area (Å²) in [4.78, 5) is 12.5. The SMILES string of the molecule is Cn1cc(-c2cnc(N)c(-c3nc4ccc(S(N)=O)cc4[nH]3)c2)cn1. The number of fused-ring (bicyclic) bond motifs is 1. The van der Waals surface area contributed by atoms with Crippen molar-refractivity contribution in [1.29, 1.82) is 0 Å². The van der Waals surface area contributed by atoms with Crippen LogP contribution >= 0.6 is 0 Å². The van der Waals surface area contributed by atoms with Gasteiger partial charge in [-0.15, -0.1) is 0 Å². The Morgan fingerprint density at radius 2 is 2.04 bits per heavy atom. The average molecular weight is 353 g/mol. The predicted molar refractivity (Wildman–Crippen MR) is 96.5 cm³/mol. The van der Waals surface area contributed by atoms with Gasteiger partial charge in [0.25, 0.3) is 0 Å². The number of hydrogen-bond acceptors (Lipinski definition) is 5. The number of anilines is 1. The Hall–Kier alpha value is -3.04. The van der Waals surface area contributed by atoms with Gasteiger partial charge in [0.2, 0.25) is 0 Å². The number of pyridine rings is 1. The van der Waals surface area contributed by atoms with Crippen molar-refractivity contribution in [2.45, 2.75) is 4.90 Å². The van der Waals surface area contributed by atoms with E-state index in [9.17, 15) is 4.21 Å². The van der Waals surface area contributed by atoms with Crippen LogP contribution in [0.1, 0.15) is 0 Å². The summed E-state index contributed by atoms with van der Waals surface area (Å²) in [6, 6.07) is 7.09. The smallest absolute Gasteiger partial charge is 0.142 e. The van der Waals surface area contributed by atoms with Crippen molar-refractivity contribution in [1.82, 2.24) is 24.7 Å². The summed E-state index contributed by atoms with van der Waals surface area (Å²) in [5.74, 6) is 0.958. The molecule has 0 fully saturated rings. The monoisotopic (exact) mass is 353 g/mol. The highest BCUT2D eigenvalue weighted by atomic mass is 32.2. The number of nitrogens with one attached hydrogen (secondary N) is 1. The maximum absolute atomic E-state index is 11.4. The maximum atomic E-state index is 11.4. The third-order valence-corrected chi connectivity index (χ3v) is 4.62. The zero-order chi connectivity index (χ0) is 17.6. The van der Waals surface area contributed by atoms with Gasteiger partial charge in [0.15, 0.2) is 0 Å². The zero-order valence-electron chi connectivity index (χ0n) is 13.3. The minimum Gasteiger partial charge on any atom is -0.383 e. The third-order valence-electron chi connectivity index (χ3n) is 3.90. The fourth-order valence-corrected chi connectivity index (χ4v) is 3.07. The fourth-order valence-electron chi connectivity index (χ4n) is 2.63. The molecule has 1 aromatic carbocycles. The Morgan fingerprint density at radius 3 is 2.76 bits per heavy atom. The van der Waals surface area contributed by atoms with Crippen LogP contribution in [0.25, 0.3) is 33.5 Å². The topological polar surface area (TPSA) is 128 Å². The van der Waals surface area contributed by atoms with Gasteiger partial charge in [-0.1, -0.05) is 0 Å². The van der Waals surface area contributed by atoms with Crippen LogP contribution in [0.3, 0.4) is 0 Å². The molecular weight excluding hydrogens is 338 g/mol. The molecule has 126 valence electrons. The van der Waals surface area contributed by atoms with Gasteiger partial charge in [-0.2, -0.15) is 5.10 Å². The van der Waals surface area contributed by atoms with Crippen molar-refractivity contribution in [2.75, 3.05) is 5.73 Å². The normalized spacial score (nSPS) is 12.6. The lowest BCUT2D eigenvalue weighted by Gasteiger charge is -2.04. The van der Waals surface area contributed by atoms with Crippen molar-refractivity contribution in [3.63, 3.8) is 0 Å². The Morgan fingerprint density at radius 1 is 1.20 bits per heavy atom. The Balaban J connectivity index is 1.83. The lowest BCUT2D eigenvalue weighted by atomic mass is 10.1. The summed E-state index contributed by atoms with van der Waals surface area (Å²) >= 11 is 0. The van der Waals surface area contributed by atoms with Crippen LogP contribution in [0.15, 0.2) is 47.8 Å². The fraction of sp³-hybridized carbons (Fsp3) is 0.0625. The average Bonchev–Trinajstić information content (AvgIpc) is 3.20. The molecular formula is C16H15N7OS. The summed E-state index contributed by atoms with van der Waals surface area (Å²) in [6.45, 7) is 0. The quantitative estimate of drug-likeness (QED) is 0.515. The second-order valence-corrected chi connectivity index (χ2v) is 6.69. The van der Waals surface area contributed by atoms with Crippen LogP contribution in [0, 0.1) is 0 Å². The van der Waals surface area contributed by atoms with E-state index in [1.807, 2.05) is 19.3 Å². The Labute approximate surface area is 145 Å². The first-order valence-electron chi connectivity index (χ1n) is 7.42. The number of hydrogen-bond donors (Lipinski definition) is 3. The van der Waals surface area contributed by atoms with Gasteiger partial charge in [0, 0.05) is 30.6 Å². The van der Waals surface area contributed by atoms with Crippen molar-refractivity contribution in [3.05, 3.63) is 42.9 Å². The molecule has 4 rings (SSSR count). The number of nitrogens with two attached hydrogens (primary N) is 2. The predicted octanol–water partition coefficient (Wildman–Crippen LogP) is 1.59. The van der Waals surface area contributed by atoms with Crippen LogP contribution in [-0.4, -0.2) is 28.9 Å². The summed E-state index contributed by atoms with van der Waals surface area (Å²) in [5.41, 5.74) is 10.0. The summed E-state index contributed by atoms with van der Waals surface area (Å²) in [6.07, 6.45) is 5.37. The maximum Gasteiger partial charge on any atom is 0.142 e. The number of benzene rings is 1. The highest BCUT2D eigenvalue weighted by Crippen LogP contribution is 2.29. The number of aromatic nitrogens is 5. The molecule has 25 heavy (non-hydrogen) atoms. The number of nitrogens with zero attached hydrogens (tertiary/aromatic N) is 4. The number of nitrogen functional groups attached to an aromatic ring is 1. The minimum absolute atomic E-state index is 0.370. The van der Waals surface area contributed by atoms with Gasteiger partial charge < -0.3 is 10.7 Å². The van der Waals surface area contributed by atoms with Crippen molar-refractivity contribution in [2.24, 2.45) is 12.2 Å². The number of aromatic amines is 1. The van der Waals surface area contributed by atoms with Gasteiger partial charge in [-0.05, 0) is 24.3 Å². The molecule has 0 aliphatic rings. The molecule has 0 amide bonds. The molecule has 0 radical (unpaired) electrons. The number of H-pyrrole nitrogens is 1. The Kier molecular flexibility index (Phi) is 3.59. The largest absolute Gasteiger partial charge is 0.383 e. The van der Waals surface area contributed by atoms with E-state index < -0.39 is 11.0 Å². The first kappa shape index (κ1) is 15.5. The van der Waals surface area contributed by atoms with E-state index in [-0.39, 0.29) is 0 Å². The van der Waals surface area contributed by atoms with Gasteiger partial charge in [0.05, 0.1) is 27.7 Å². The van der Waals surface area contributed by atoms with Crippen molar-refractivity contribution < 1.29 is 4.21 Å². The molecule has 0 spiro atoms. The molecule has 0 aliphatic heterocycles. The molecule has 4 aromatic rings. The van der Waals surface area contributed by atoms with Crippen LogP contribution in [0.2, 0.25) is 0 Å². The van der Waals surface area contributed by atoms with Gasteiger partial charge in [-0.25, -0.2) is 19.3 Å². The van der Waals surface area contributed by atoms with Crippen LogP contribution in [-0.2, 0) is 18.0 Å². The molecule has 0 saturated heterocycles. The minimum atomic E-state index is -1.54. The van der Waals surface area contributed by atoms with E-state index >= 15 is 0 Å². The van der Waals surface area contributed by atoms with E-state index in [1.165, 1.54) is 0 Å². The van der Waals surface area contributed by atoms with Crippen LogP contribution < -0.4 is 10.9 Å². The highest BCUT2D eigenvalue weighted by molar-refractivity contribution is 7.82. The van der Waals surface area contributed by atoms with E-state index in [0.717, 1.165) is 22.2 Å². The number of aryl methyl sites for hydroxylation is 1. The van der Waals surface area contributed by atoms with Gasteiger partial charge in [-0.3, -0.25) is 4.68 Å². The molecule has 8 nitrogen and oxygen atoms in total. The molecule has 1 unspecified atom stereocenters. The van der Waals surface area contributed by atoms with Gasteiger partial charge >= 0.3 is 0 Å². The molecule has 1 atom stereocenters. The lowest BCUT2D eigenvalue weighted by molar-refractivity contribution is 0.684. The van der Waals surface area contributed by atoms with E-state index in [1.54, 1.807) is 35.3 Å². The van der Waals surface area contributed by atoms with Gasteiger partial charge in [0.1, 0.15) is 22.6 Å². The molecule has 0 aliphatic carbocycles. The van der Waals surface area contributed by atoms with Crippen LogP contribution in [0.5, 0.6) is 0 Å². The molecule has 3 aromatic heterocycles. The summed E-state index contributed by atoms with van der Waals surface area (Å²) < 4.78 is 13.2. The second-order valence-electron chi connectivity index (χ2n) is 5.62. The van der Waals surface area contributed by atoms with E-state index in [0.29, 0.717) is 22.1 Å². The second kappa shape index (κ2) is 5.80. The van der Waals surface area contributed by atoms with Crippen LogP contribution in [0.4, 0.5) is 5.82 Å². The molecule has 0 bridgehead atoms. The first-order valence-corrected chi connectivity index (χ1v) is 8.63. The Bertz CT molecular complexity index is 1110. The molecule has 0 saturated carbocycles. The lowest BCUT2D eigenvalue weighted by Crippen LogP contribution is -2.01. The summed E-state index contributed by atoms with van der Waals surface area (Å²) in [5, 5.41) is 9.61. The number of rotatable bonds is 3. The summed E-state index contributed by atoms with van der Waals surface area (Å²) in [7, 11) is 0.310. The highest BCUT2D eigenvalue weighted by Gasteiger charge is 2.13. The van der Waals surface area contributed by atoms with Crippen molar-refractivity contribution in [3.8, 4) is 22.5 Å². The van der Waals surface area contributed by atoms with E-state index in [2.05, 4.69) is 20.1 Å². The zero-order valence-corrected chi connectivity index (χ0v) is 14.1. The first-order chi connectivity index (χ1) is 12.0. The third kappa shape index (κ3) is 2.79. The standard InChI is InChI=1S/C16H15N7OS/c1-23-8-10(7-20-23)9-4-12(15(17)19-6-9)16-21-13-3-2-11(25(18)24)5-14(13)22-16/h2-8H,18H2,1H3,(H2,17,19)(H,21,22). The molecule has 5 N–H and O–H groups in total. The number of imidazole rings is 1. The van der Waals surface area contributed by atoms with Crippen molar-refractivity contribution >= 4 is 27.8 Å². The molecule has 3 heterocycles. The van der Waals surface area contributed by atoms with E-state index in [4.69, 9.17) is 10.9 Å².